The minimum absolute atomic E-state index is 0.852. The second-order valence-corrected chi connectivity index (χ2v) is 7.42. The van der Waals surface area contributed by atoms with Gasteiger partial charge in [0.05, 0.1) is 0 Å². The van der Waals surface area contributed by atoms with Gasteiger partial charge in [0.15, 0.2) is 0 Å². The molecule has 19 heavy (non-hydrogen) atoms. The van der Waals surface area contributed by atoms with Gasteiger partial charge < -0.3 is 5.32 Å². The van der Waals surface area contributed by atoms with E-state index in [2.05, 4.69) is 22.2 Å². The maximum absolute atomic E-state index is 3.75. The van der Waals surface area contributed by atoms with Gasteiger partial charge in [-0.25, -0.2) is 0 Å². The zero-order chi connectivity index (χ0) is 12.8. The van der Waals surface area contributed by atoms with Gasteiger partial charge in [0.25, 0.3) is 0 Å². The molecule has 1 N–H and O–H groups in total. The molecular weight excluding hydrogens is 234 g/mol. The molecule has 0 radical (unpaired) electrons. The number of rotatable bonds is 4. The van der Waals surface area contributed by atoms with Gasteiger partial charge in [-0.05, 0) is 71.0 Å². The standard InChI is InChI=1S/C16H29N3/c1-18-14-5-6-15(18)11-19(9-8-14)16-7-2-12(16)10-17-13-3-4-13/h12-17H,2-11H2,1H3. The predicted octanol–water partition coefficient (Wildman–Crippen LogP) is 1.69. The molecule has 2 saturated heterocycles. The summed E-state index contributed by atoms with van der Waals surface area (Å²) in [5.41, 5.74) is 0. The molecule has 4 rings (SSSR count). The van der Waals surface area contributed by atoms with Crippen molar-refractivity contribution in [1.82, 2.24) is 15.1 Å². The Kier molecular flexibility index (Phi) is 3.33. The van der Waals surface area contributed by atoms with Gasteiger partial charge in [0.1, 0.15) is 0 Å². The van der Waals surface area contributed by atoms with Crippen molar-refractivity contribution < 1.29 is 0 Å². The molecule has 108 valence electrons. The first-order chi connectivity index (χ1) is 9.31. The Morgan fingerprint density at radius 3 is 2.53 bits per heavy atom. The number of hydrogen-bond donors (Lipinski definition) is 1. The van der Waals surface area contributed by atoms with Crippen LogP contribution in [0.15, 0.2) is 0 Å². The van der Waals surface area contributed by atoms with Crippen molar-refractivity contribution in [3.8, 4) is 0 Å². The molecule has 2 saturated carbocycles. The number of nitrogens with one attached hydrogen (secondary N) is 1. The zero-order valence-electron chi connectivity index (χ0n) is 12.4. The van der Waals surface area contributed by atoms with Gasteiger partial charge in [0, 0.05) is 30.7 Å². The lowest BCUT2D eigenvalue weighted by Gasteiger charge is -2.45. The van der Waals surface area contributed by atoms with Crippen molar-refractivity contribution in [3.05, 3.63) is 0 Å². The summed E-state index contributed by atoms with van der Waals surface area (Å²) in [6.45, 7) is 3.99. The molecule has 4 fully saturated rings. The first-order valence-electron chi connectivity index (χ1n) is 8.50. The van der Waals surface area contributed by atoms with Crippen LogP contribution in [0.5, 0.6) is 0 Å². The SMILES string of the molecule is CN1C2CCC1CN(C1CCC1CNC1CC1)CC2. The van der Waals surface area contributed by atoms with E-state index in [-0.39, 0.29) is 0 Å². The van der Waals surface area contributed by atoms with Crippen molar-refractivity contribution >= 4 is 0 Å². The zero-order valence-corrected chi connectivity index (χ0v) is 12.4. The highest BCUT2D eigenvalue weighted by Crippen LogP contribution is 2.36. The molecule has 0 aromatic heterocycles. The largest absolute Gasteiger partial charge is 0.314 e. The molecule has 4 unspecified atom stereocenters. The first kappa shape index (κ1) is 12.6. The summed E-state index contributed by atoms with van der Waals surface area (Å²) >= 11 is 0. The van der Waals surface area contributed by atoms with E-state index < -0.39 is 0 Å². The van der Waals surface area contributed by atoms with Crippen LogP contribution in [-0.4, -0.2) is 60.6 Å². The Morgan fingerprint density at radius 2 is 1.79 bits per heavy atom. The Bertz CT molecular complexity index is 328. The molecule has 0 amide bonds. The predicted molar refractivity (Wildman–Crippen MR) is 78.3 cm³/mol. The molecule has 0 aromatic carbocycles. The lowest BCUT2D eigenvalue weighted by molar-refractivity contribution is 0.0544. The summed E-state index contributed by atoms with van der Waals surface area (Å²) < 4.78 is 0. The van der Waals surface area contributed by atoms with E-state index in [4.69, 9.17) is 0 Å². The summed E-state index contributed by atoms with van der Waals surface area (Å²) in [6.07, 6.45) is 10.1. The van der Waals surface area contributed by atoms with E-state index in [1.807, 2.05) is 0 Å². The molecule has 2 heterocycles. The minimum atomic E-state index is 0.852. The van der Waals surface area contributed by atoms with Gasteiger partial charge in [-0.15, -0.1) is 0 Å². The molecule has 3 nitrogen and oxygen atoms in total. The molecular formula is C16H29N3. The third kappa shape index (κ3) is 2.45. The summed E-state index contributed by atoms with van der Waals surface area (Å²) in [6, 6.07) is 3.52. The Balaban J connectivity index is 1.33. The van der Waals surface area contributed by atoms with Crippen LogP contribution in [0.2, 0.25) is 0 Å². The molecule has 2 aliphatic heterocycles. The van der Waals surface area contributed by atoms with Crippen molar-refractivity contribution in [1.29, 1.82) is 0 Å². The monoisotopic (exact) mass is 263 g/mol. The number of nitrogens with zero attached hydrogens (tertiary/aromatic N) is 2. The molecule has 2 aliphatic carbocycles. The van der Waals surface area contributed by atoms with Crippen molar-refractivity contribution in [2.75, 3.05) is 26.7 Å². The summed E-state index contributed by atoms with van der Waals surface area (Å²) in [7, 11) is 2.36. The normalized spacial score (nSPS) is 44.1. The van der Waals surface area contributed by atoms with Crippen LogP contribution in [0.25, 0.3) is 0 Å². The average Bonchev–Trinajstić information content (AvgIpc) is 3.10. The van der Waals surface area contributed by atoms with E-state index in [1.165, 1.54) is 64.6 Å². The van der Waals surface area contributed by atoms with E-state index in [1.54, 1.807) is 0 Å². The van der Waals surface area contributed by atoms with E-state index in [9.17, 15) is 0 Å². The quantitative estimate of drug-likeness (QED) is 0.832. The molecule has 4 atom stereocenters. The number of likely N-dealkylation sites (tertiary alicyclic amines) is 1. The summed E-state index contributed by atoms with van der Waals surface area (Å²) in [5.74, 6) is 0.947. The second kappa shape index (κ2) is 5.01. The molecule has 2 bridgehead atoms. The van der Waals surface area contributed by atoms with Gasteiger partial charge in [-0.2, -0.15) is 0 Å². The van der Waals surface area contributed by atoms with E-state index in [0.29, 0.717) is 0 Å². The van der Waals surface area contributed by atoms with Crippen LogP contribution in [0.3, 0.4) is 0 Å². The first-order valence-corrected chi connectivity index (χ1v) is 8.50. The highest BCUT2D eigenvalue weighted by Gasteiger charge is 2.41. The smallest absolute Gasteiger partial charge is 0.0223 e. The highest BCUT2D eigenvalue weighted by atomic mass is 15.3. The van der Waals surface area contributed by atoms with Crippen molar-refractivity contribution in [3.63, 3.8) is 0 Å². The van der Waals surface area contributed by atoms with Gasteiger partial charge >= 0.3 is 0 Å². The minimum Gasteiger partial charge on any atom is -0.314 e. The Labute approximate surface area is 117 Å². The van der Waals surface area contributed by atoms with Gasteiger partial charge in [0.2, 0.25) is 0 Å². The summed E-state index contributed by atoms with van der Waals surface area (Å²) in [4.78, 5) is 5.53. The van der Waals surface area contributed by atoms with Crippen LogP contribution in [-0.2, 0) is 0 Å². The van der Waals surface area contributed by atoms with Crippen molar-refractivity contribution in [2.45, 2.75) is 69.1 Å². The maximum Gasteiger partial charge on any atom is 0.0223 e. The van der Waals surface area contributed by atoms with Crippen LogP contribution < -0.4 is 5.32 Å². The Morgan fingerprint density at radius 1 is 0.947 bits per heavy atom. The van der Waals surface area contributed by atoms with Gasteiger partial charge in [-0.1, -0.05) is 0 Å². The number of fused-ring (bicyclic) bond motifs is 2. The lowest BCUT2D eigenvalue weighted by Crippen LogP contribution is -2.53. The highest BCUT2D eigenvalue weighted by molar-refractivity contribution is 4.97. The summed E-state index contributed by atoms with van der Waals surface area (Å²) in [5, 5.41) is 3.75. The van der Waals surface area contributed by atoms with Crippen LogP contribution in [0, 0.1) is 5.92 Å². The fourth-order valence-corrected chi connectivity index (χ4v) is 4.51. The number of hydrogen-bond acceptors (Lipinski definition) is 3. The number of likely N-dealkylation sites (N-methyl/N-ethyl adjacent to an activating group) is 1. The fraction of sp³-hybridized carbons (Fsp3) is 1.00. The van der Waals surface area contributed by atoms with E-state index in [0.717, 1.165) is 30.1 Å². The topological polar surface area (TPSA) is 18.5 Å². The third-order valence-corrected chi connectivity index (χ3v) is 6.27. The van der Waals surface area contributed by atoms with Crippen LogP contribution in [0.4, 0.5) is 0 Å². The average molecular weight is 263 g/mol. The van der Waals surface area contributed by atoms with Crippen LogP contribution >= 0.6 is 0 Å². The molecule has 0 aromatic rings. The lowest BCUT2D eigenvalue weighted by atomic mass is 9.78. The second-order valence-electron chi connectivity index (χ2n) is 7.42. The third-order valence-electron chi connectivity index (χ3n) is 6.27. The van der Waals surface area contributed by atoms with Crippen molar-refractivity contribution in [2.24, 2.45) is 5.92 Å². The van der Waals surface area contributed by atoms with E-state index >= 15 is 0 Å². The Hall–Kier alpha value is -0.120. The fourth-order valence-electron chi connectivity index (χ4n) is 4.51. The maximum atomic E-state index is 3.75. The molecule has 4 aliphatic rings. The van der Waals surface area contributed by atoms with Gasteiger partial charge in [-0.3, -0.25) is 9.80 Å². The molecule has 3 heteroatoms. The molecule has 0 spiro atoms. The van der Waals surface area contributed by atoms with Crippen LogP contribution in [0.1, 0.15) is 44.9 Å².